The Morgan fingerprint density at radius 2 is 1.89 bits per heavy atom. The zero-order valence-corrected chi connectivity index (χ0v) is 20.1. The lowest BCUT2D eigenvalue weighted by Gasteiger charge is -2.19. The van der Waals surface area contributed by atoms with Gasteiger partial charge in [0.1, 0.15) is 11.4 Å². The van der Waals surface area contributed by atoms with Gasteiger partial charge in [-0.25, -0.2) is 4.68 Å². The van der Waals surface area contributed by atoms with E-state index in [0.717, 1.165) is 21.8 Å². The van der Waals surface area contributed by atoms with E-state index in [2.05, 4.69) is 10.1 Å². The number of para-hydroxylation sites is 2. The number of nitrogens with zero attached hydrogens (tertiary/aromatic N) is 5. The van der Waals surface area contributed by atoms with Crippen LogP contribution in [0.4, 0.5) is 0 Å². The van der Waals surface area contributed by atoms with Crippen LogP contribution in [0.1, 0.15) is 27.6 Å². The van der Waals surface area contributed by atoms with Crippen LogP contribution in [0.2, 0.25) is 0 Å². The zero-order chi connectivity index (χ0) is 24.2. The van der Waals surface area contributed by atoms with Gasteiger partial charge in [-0.05, 0) is 35.7 Å². The quantitative estimate of drug-likeness (QED) is 0.302. The van der Waals surface area contributed by atoms with E-state index in [9.17, 15) is 4.79 Å². The number of hydrogen-bond donors (Lipinski definition) is 0. The van der Waals surface area contributed by atoms with Gasteiger partial charge in [0.25, 0.3) is 5.91 Å². The fraction of sp³-hybridized carbons (Fsp3) is 0.154. The number of benzene rings is 2. The Kier molecular flexibility index (Phi) is 6.40. The molecule has 3 aromatic heterocycles. The monoisotopic (exact) mass is 485 g/mol. The molecule has 0 aliphatic heterocycles. The van der Waals surface area contributed by atoms with E-state index in [1.165, 1.54) is 0 Å². The number of amides is 1. The van der Waals surface area contributed by atoms with Crippen LogP contribution in [0.25, 0.3) is 16.3 Å². The highest BCUT2D eigenvalue weighted by atomic mass is 32.1. The lowest BCUT2D eigenvalue weighted by Crippen LogP contribution is -2.26. The van der Waals surface area contributed by atoms with Crippen LogP contribution in [0, 0.1) is 6.92 Å². The Labute approximate surface area is 206 Å². The zero-order valence-electron chi connectivity index (χ0n) is 19.3. The number of thiophene rings is 1. The Bertz CT molecular complexity index is 1430. The van der Waals surface area contributed by atoms with Gasteiger partial charge in [-0.2, -0.15) is 10.1 Å². The average Bonchev–Trinajstić information content (AvgIpc) is 3.64. The van der Waals surface area contributed by atoms with Crippen molar-refractivity contribution in [1.82, 2.24) is 24.8 Å². The molecule has 2 aromatic carbocycles. The minimum absolute atomic E-state index is 0.109. The Morgan fingerprint density at radius 3 is 2.63 bits per heavy atom. The van der Waals surface area contributed by atoms with Crippen molar-refractivity contribution in [2.45, 2.75) is 20.1 Å². The Morgan fingerprint density at radius 1 is 1.09 bits per heavy atom. The summed E-state index contributed by atoms with van der Waals surface area (Å²) >= 11 is 1.62. The maximum absolute atomic E-state index is 13.4. The molecule has 0 spiro atoms. The molecular weight excluding hydrogens is 462 g/mol. The molecule has 0 fully saturated rings. The standard InChI is InChI=1S/C26H23N5O3S/c1-18-27-24(29-34-18)17-33-22-12-7-6-11-21(22)26(32)30(2)15-19-16-31(20-9-4-3-5-10-20)28-25(19)23-13-8-14-35-23/h3-14,16H,15,17H2,1-2H3. The highest BCUT2D eigenvalue weighted by Crippen LogP contribution is 2.29. The highest BCUT2D eigenvalue weighted by Gasteiger charge is 2.21. The summed E-state index contributed by atoms with van der Waals surface area (Å²) in [6, 6.07) is 21.1. The molecule has 176 valence electrons. The minimum Gasteiger partial charge on any atom is -0.485 e. The van der Waals surface area contributed by atoms with E-state index in [-0.39, 0.29) is 12.5 Å². The van der Waals surface area contributed by atoms with Crippen LogP contribution in [0.3, 0.4) is 0 Å². The van der Waals surface area contributed by atoms with Crippen LogP contribution in [0.15, 0.2) is 82.8 Å². The van der Waals surface area contributed by atoms with Crippen molar-refractivity contribution in [3.05, 3.63) is 101 Å². The first-order valence-corrected chi connectivity index (χ1v) is 11.9. The van der Waals surface area contributed by atoms with E-state index >= 15 is 0 Å². The van der Waals surface area contributed by atoms with Gasteiger partial charge in [0.05, 0.1) is 16.1 Å². The van der Waals surface area contributed by atoms with E-state index in [1.807, 2.05) is 70.9 Å². The van der Waals surface area contributed by atoms with E-state index in [4.69, 9.17) is 14.4 Å². The molecule has 3 heterocycles. The number of aromatic nitrogens is 4. The van der Waals surface area contributed by atoms with Crippen molar-refractivity contribution in [3.8, 4) is 22.0 Å². The van der Waals surface area contributed by atoms with E-state index < -0.39 is 0 Å². The molecule has 1 amide bonds. The second-order valence-corrected chi connectivity index (χ2v) is 8.88. The second kappa shape index (κ2) is 9.94. The van der Waals surface area contributed by atoms with Crippen molar-refractivity contribution in [3.63, 3.8) is 0 Å². The second-order valence-electron chi connectivity index (χ2n) is 7.94. The van der Waals surface area contributed by atoms with E-state index in [1.54, 1.807) is 42.3 Å². The number of rotatable bonds is 8. The molecule has 5 aromatic rings. The third-order valence-electron chi connectivity index (χ3n) is 5.36. The molecule has 0 unspecified atom stereocenters. The topological polar surface area (TPSA) is 86.3 Å². The number of carbonyl (C=O) groups is 1. The number of carbonyl (C=O) groups excluding carboxylic acids is 1. The van der Waals surface area contributed by atoms with Gasteiger partial charge in [-0.1, -0.05) is 41.6 Å². The number of ether oxygens (including phenoxy) is 1. The molecule has 5 rings (SSSR count). The predicted molar refractivity (Wildman–Crippen MR) is 132 cm³/mol. The molecule has 8 nitrogen and oxygen atoms in total. The molecular formula is C26H23N5O3S. The summed E-state index contributed by atoms with van der Waals surface area (Å²) in [6.07, 6.45) is 1.98. The van der Waals surface area contributed by atoms with Gasteiger partial charge in [0.15, 0.2) is 6.61 Å². The number of aryl methyl sites for hydroxylation is 1. The smallest absolute Gasteiger partial charge is 0.257 e. The molecule has 0 saturated heterocycles. The van der Waals surface area contributed by atoms with Gasteiger partial charge in [-0.3, -0.25) is 4.79 Å². The van der Waals surface area contributed by atoms with Crippen LogP contribution in [-0.4, -0.2) is 37.8 Å². The maximum Gasteiger partial charge on any atom is 0.257 e. The Hall–Kier alpha value is -4.24. The largest absolute Gasteiger partial charge is 0.485 e. The molecule has 35 heavy (non-hydrogen) atoms. The van der Waals surface area contributed by atoms with Gasteiger partial charge in [-0.15, -0.1) is 11.3 Å². The van der Waals surface area contributed by atoms with E-state index in [0.29, 0.717) is 29.6 Å². The number of hydrogen-bond acceptors (Lipinski definition) is 7. The fourth-order valence-electron chi connectivity index (χ4n) is 3.70. The van der Waals surface area contributed by atoms with Gasteiger partial charge in [0, 0.05) is 32.3 Å². The first-order valence-electron chi connectivity index (χ1n) is 11.0. The van der Waals surface area contributed by atoms with Gasteiger partial charge < -0.3 is 14.2 Å². The lowest BCUT2D eigenvalue weighted by atomic mass is 10.1. The van der Waals surface area contributed by atoms with Crippen molar-refractivity contribution < 1.29 is 14.1 Å². The Balaban J connectivity index is 1.39. The minimum atomic E-state index is -0.158. The summed E-state index contributed by atoms with van der Waals surface area (Å²) in [6.45, 7) is 2.21. The average molecular weight is 486 g/mol. The first kappa shape index (κ1) is 22.5. The third-order valence-corrected chi connectivity index (χ3v) is 6.24. The van der Waals surface area contributed by atoms with Crippen LogP contribution < -0.4 is 4.74 Å². The highest BCUT2D eigenvalue weighted by molar-refractivity contribution is 7.13. The summed E-state index contributed by atoms with van der Waals surface area (Å²) in [7, 11) is 1.78. The molecule has 0 atom stereocenters. The first-order chi connectivity index (χ1) is 17.1. The summed E-state index contributed by atoms with van der Waals surface area (Å²) in [4.78, 5) is 20.3. The fourth-order valence-corrected chi connectivity index (χ4v) is 4.45. The van der Waals surface area contributed by atoms with Crippen molar-refractivity contribution in [1.29, 1.82) is 0 Å². The molecule has 0 saturated carbocycles. The molecule has 0 aliphatic rings. The maximum atomic E-state index is 13.4. The molecule has 0 N–H and O–H groups in total. The normalized spacial score (nSPS) is 10.9. The molecule has 0 aliphatic carbocycles. The summed E-state index contributed by atoms with van der Waals surface area (Å²) in [5.74, 6) is 1.19. The predicted octanol–water partition coefficient (Wildman–Crippen LogP) is 5.14. The summed E-state index contributed by atoms with van der Waals surface area (Å²) in [5, 5.41) is 10.7. The molecule has 0 radical (unpaired) electrons. The molecule has 0 bridgehead atoms. The van der Waals surface area contributed by atoms with Crippen LogP contribution >= 0.6 is 11.3 Å². The summed E-state index contributed by atoms with van der Waals surface area (Å²) in [5.41, 5.74) is 3.23. The lowest BCUT2D eigenvalue weighted by molar-refractivity contribution is 0.0780. The van der Waals surface area contributed by atoms with Crippen LogP contribution in [-0.2, 0) is 13.2 Å². The van der Waals surface area contributed by atoms with Gasteiger partial charge in [0.2, 0.25) is 11.7 Å². The van der Waals surface area contributed by atoms with Crippen molar-refractivity contribution >= 4 is 17.2 Å². The van der Waals surface area contributed by atoms with Crippen molar-refractivity contribution in [2.24, 2.45) is 0 Å². The SMILES string of the molecule is Cc1nc(COc2ccccc2C(=O)N(C)Cc2cn(-c3ccccc3)nc2-c2cccs2)no1. The summed E-state index contributed by atoms with van der Waals surface area (Å²) < 4.78 is 12.7. The van der Waals surface area contributed by atoms with Gasteiger partial charge >= 0.3 is 0 Å². The molecule has 9 heteroatoms. The van der Waals surface area contributed by atoms with Crippen LogP contribution in [0.5, 0.6) is 5.75 Å². The van der Waals surface area contributed by atoms with Crippen molar-refractivity contribution in [2.75, 3.05) is 7.05 Å². The third kappa shape index (κ3) is 4.99.